The number of nitrogens with zero attached hydrogens (tertiary/aromatic N) is 1. The largest absolute Gasteiger partial charge is 0.467 e. The second-order valence-corrected chi connectivity index (χ2v) is 4.44. The number of rotatable bonds is 2. The van der Waals surface area contributed by atoms with Crippen LogP contribution in [0.15, 0.2) is 24.8 Å². The van der Waals surface area contributed by atoms with Crippen LogP contribution in [0.3, 0.4) is 0 Å². The highest BCUT2D eigenvalue weighted by Gasteiger charge is 2.42. The maximum Gasteiger partial charge on any atom is 0.328 e. The van der Waals surface area contributed by atoms with E-state index < -0.39 is 6.04 Å². The zero-order chi connectivity index (χ0) is 12.4. The Kier molecular flexibility index (Phi) is 3.31. The lowest BCUT2D eigenvalue weighted by Crippen LogP contribution is -2.57. The molecule has 0 N–H and O–H groups in total. The molecule has 92 valence electrons. The lowest BCUT2D eigenvalue weighted by Gasteiger charge is -2.44. The van der Waals surface area contributed by atoms with Gasteiger partial charge in [-0.3, -0.25) is 4.79 Å². The first-order chi connectivity index (χ1) is 8.19. The van der Waals surface area contributed by atoms with Crippen molar-refractivity contribution in [3.63, 3.8) is 0 Å². The summed E-state index contributed by atoms with van der Waals surface area (Å²) in [6.07, 6.45) is 7.63. The first kappa shape index (κ1) is 11.9. The van der Waals surface area contributed by atoms with Gasteiger partial charge in [0, 0.05) is 12.3 Å². The number of fused-ring (bicyclic) bond motifs is 1. The molecule has 0 aromatic carbocycles. The van der Waals surface area contributed by atoms with Crippen molar-refractivity contribution >= 4 is 11.9 Å². The Morgan fingerprint density at radius 2 is 2.35 bits per heavy atom. The van der Waals surface area contributed by atoms with Crippen LogP contribution in [0, 0.1) is 5.92 Å². The number of esters is 1. The molecule has 2 heterocycles. The van der Waals surface area contributed by atoms with E-state index in [4.69, 9.17) is 4.74 Å². The smallest absolute Gasteiger partial charge is 0.328 e. The fraction of sp³-hybridized carbons (Fsp3) is 0.538. The third-order valence-corrected chi connectivity index (χ3v) is 3.56. The summed E-state index contributed by atoms with van der Waals surface area (Å²) in [5.74, 6) is -0.0861. The Morgan fingerprint density at radius 1 is 1.59 bits per heavy atom. The van der Waals surface area contributed by atoms with Crippen LogP contribution in [0.2, 0.25) is 0 Å². The number of hydrogen-bond donors (Lipinski definition) is 0. The van der Waals surface area contributed by atoms with Gasteiger partial charge in [-0.05, 0) is 12.8 Å². The van der Waals surface area contributed by atoms with Crippen molar-refractivity contribution in [3.8, 4) is 0 Å². The first-order valence-corrected chi connectivity index (χ1v) is 5.87. The van der Waals surface area contributed by atoms with Crippen LogP contribution in [0.5, 0.6) is 0 Å². The lowest BCUT2D eigenvalue weighted by molar-refractivity contribution is -0.157. The molecule has 0 spiro atoms. The van der Waals surface area contributed by atoms with Crippen molar-refractivity contribution in [1.29, 1.82) is 0 Å². The molecule has 0 saturated carbocycles. The van der Waals surface area contributed by atoms with Gasteiger partial charge in [0.1, 0.15) is 6.04 Å². The van der Waals surface area contributed by atoms with E-state index in [1.807, 2.05) is 18.2 Å². The van der Waals surface area contributed by atoms with Gasteiger partial charge in [-0.15, -0.1) is 6.58 Å². The maximum atomic E-state index is 12.0. The molecule has 0 aromatic rings. The summed E-state index contributed by atoms with van der Waals surface area (Å²) in [5.41, 5.74) is 0. The van der Waals surface area contributed by atoms with E-state index in [1.54, 1.807) is 4.90 Å². The second-order valence-electron chi connectivity index (χ2n) is 4.44. The van der Waals surface area contributed by atoms with E-state index in [2.05, 4.69) is 6.58 Å². The molecule has 2 rings (SSSR count). The minimum Gasteiger partial charge on any atom is -0.467 e. The molecule has 4 nitrogen and oxygen atoms in total. The summed E-state index contributed by atoms with van der Waals surface area (Å²) in [4.78, 5) is 25.3. The van der Waals surface area contributed by atoms with Gasteiger partial charge in [-0.2, -0.15) is 0 Å². The van der Waals surface area contributed by atoms with Crippen LogP contribution in [0.4, 0.5) is 0 Å². The van der Waals surface area contributed by atoms with Crippen molar-refractivity contribution in [2.24, 2.45) is 5.92 Å². The molecule has 4 heteroatoms. The molecule has 0 bridgehead atoms. The molecule has 1 saturated heterocycles. The van der Waals surface area contributed by atoms with E-state index in [-0.39, 0.29) is 23.8 Å². The highest BCUT2D eigenvalue weighted by atomic mass is 16.5. The van der Waals surface area contributed by atoms with Crippen molar-refractivity contribution in [2.45, 2.75) is 31.3 Å². The fourth-order valence-corrected chi connectivity index (χ4v) is 2.69. The van der Waals surface area contributed by atoms with Crippen LogP contribution < -0.4 is 0 Å². The van der Waals surface area contributed by atoms with E-state index in [1.165, 1.54) is 7.11 Å². The average molecular weight is 235 g/mol. The Morgan fingerprint density at radius 3 is 3.00 bits per heavy atom. The first-order valence-electron chi connectivity index (χ1n) is 5.87. The summed E-state index contributed by atoms with van der Waals surface area (Å²) in [6, 6.07) is -0.467. The van der Waals surface area contributed by atoms with Gasteiger partial charge in [0.25, 0.3) is 0 Å². The molecule has 1 fully saturated rings. The topological polar surface area (TPSA) is 46.6 Å². The molecule has 1 amide bonds. The Labute approximate surface area is 101 Å². The van der Waals surface area contributed by atoms with E-state index in [0.29, 0.717) is 12.8 Å². The number of ether oxygens (including phenoxy) is 1. The summed E-state index contributed by atoms with van der Waals surface area (Å²) in [5, 5.41) is 0. The molecule has 0 unspecified atom stereocenters. The van der Waals surface area contributed by atoms with Gasteiger partial charge in [-0.1, -0.05) is 18.2 Å². The number of amides is 1. The number of carbonyl (C=O) groups excluding carboxylic acids is 2. The van der Waals surface area contributed by atoms with Crippen molar-refractivity contribution < 1.29 is 14.3 Å². The number of methoxy groups -OCH3 is 1. The third kappa shape index (κ3) is 1.99. The monoisotopic (exact) mass is 235 g/mol. The predicted octanol–water partition coefficient (Wildman–Crippen LogP) is 1.28. The lowest BCUT2D eigenvalue weighted by atomic mass is 9.83. The molecule has 3 atom stereocenters. The quantitative estimate of drug-likeness (QED) is 0.535. The van der Waals surface area contributed by atoms with Crippen LogP contribution >= 0.6 is 0 Å². The molecular weight excluding hydrogens is 218 g/mol. The minimum atomic E-state index is -0.432. The molecular formula is C13H17NO3. The number of carbonyl (C=O) groups is 2. The van der Waals surface area contributed by atoms with Gasteiger partial charge in [0.15, 0.2) is 0 Å². The van der Waals surface area contributed by atoms with Crippen LogP contribution in [-0.4, -0.2) is 36.0 Å². The predicted molar refractivity (Wildman–Crippen MR) is 63.1 cm³/mol. The van der Waals surface area contributed by atoms with Crippen molar-refractivity contribution in [1.82, 2.24) is 4.90 Å². The zero-order valence-electron chi connectivity index (χ0n) is 9.96. The van der Waals surface area contributed by atoms with Crippen molar-refractivity contribution in [2.75, 3.05) is 7.11 Å². The SMILES string of the molecule is C=C[C@@H]1CC[C@@H](C(=O)OC)N2C(=O)CC=C[C@@H]12. The van der Waals surface area contributed by atoms with E-state index >= 15 is 0 Å². The van der Waals surface area contributed by atoms with Crippen molar-refractivity contribution in [3.05, 3.63) is 24.8 Å². The molecule has 0 aliphatic carbocycles. The Hall–Kier alpha value is -1.58. The molecule has 17 heavy (non-hydrogen) atoms. The normalized spacial score (nSPS) is 31.9. The van der Waals surface area contributed by atoms with Crippen LogP contribution in [0.1, 0.15) is 19.3 Å². The zero-order valence-corrected chi connectivity index (χ0v) is 9.96. The maximum absolute atomic E-state index is 12.0. The van der Waals surface area contributed by atoms with Gasteiger partial charge in [0.2, 0.25) is 5.91 Å². The Bertz CT molecular complexity index is 375. The summed E-state index contributed by atoms with van der Waals surface area (Å²) >= 11 is 0. The fourth-order valence-electron chi connectivity index (χ4n) is 2.69. The summed E-state index contributed by atoms with van der Waals surface area (Å²) in [6.45, 7) is 3.80. The molecule has 2 aliphatic heterocycles. The van der Waals surface area contributed by atoms with Gasteiger partial charge in [0.05, 0.1) is 13.2 Å². The molecule has 0 radical (unpaired) electrons. The van der Waals surface area contributed by atoms with E-state index in [9.17, 15) is 9.59 Å². The Balaban J connectivity index is 2.29. The average Bonchev–Trinajstić information content (AvgIpc) is 2.37. The standard InChI is InChI=1S/C13H17NO3/c1-3-9-7-8-11(13(16)17-2)14-10(9)5-4-6-12(14)15/h3-5,9-11H,1,6-8H2,2H3/t9-,10+,11+/m1/s1. The summed E-state index contributed by atoms with van der Waals surface area (Å²) in [7, 11) is 1.36. The van der Waals surface area contributed by atoms with Gasteiger partial charge >= 0.3 is 5.97 Å². The highest BCUT2D eigenvalue weighted by Crippen LogP contribution is 2.33. The van der Waals surface area contributed by atoms with Gasteiger partial charge < -0.3 is 9.64 Å². The second kappa shape index (κ2) is 4.73. The molecule has 0 aromatic heterocycles. The molecule has 2 aliphatic rings. The minimum absolute atomic E-state index is 0.000509. The highest BCUT2D eigenvalue weighted by molar-refractivity contribution is 5.86. The van der Waals surface area contributed by atoms with Gasteiger partial charge in [-0.25, -0.2) is 4.79 Å². The van der Waals surface area contributed by atoms with Crippen LogP contribution in [0.25, 0.3) is 0 Å². The van der Waals surface area contributed by atoms with Crippen LogP contribution in [-0.2, 0) is 14.3 Å². The number of piperidine rings is 1. The third-order valence-electron chi connectivity index (χ3n) is 3.56. The number of hydrogen-bond acceptors (Lipinski definition) is 3. The summed E-state index contributed by atoms with van der Waals surface area (Å²) < 4.78 is 4.77. The van der Waals surface area contributed by atoms with E-state index in [0.717, 1.165) is 6.42 Å².